The predicted molar refractivity (Wildman–Crippen MR) is 175 cm³/mol. The maximum absolute atomic E-state index is 8.96. The monoisotopic (exact) mass is 582 g/mol. The van der Waals surface area contributed by atoms with Crippen LogP contribution in [0.4, 0.5) is 17.1 Å². The number of hydrogen-bond acceptors (Lipinski definition) is 1. The number of rotatable bonds is 5. The van der Waals surface area contributed by atoms with Crippen molar-refractivity contribution in [1.29, 1.82) is 0 Å². The summed E-state index contributed by atoms with van der Waals surface area (Å²) in [5.41, 5.74) is 5.60. The molecule has 0 aliphatic carbocycles. The second kappa shape index (κ2) is 10.5. The van der Waals surface area contributed by atoms with Crippen LogP contribution < -0.4 is 4.90 Å². The standard InChI is InChI=1S/C38H26BrN/c39-34-20-14-28(15-21-34)29-16-22-35(23-17-29)40(38-11-5-9-31-7-3-4-10-37(31)38)36-24-18-30(19-25-36)33-13-12-27-6-1-2-8-32(27)26-33/h1-26H/i1D,2D,6D,8D,12D,13D,26D. The van der Waals surface area contributed by atoms with Gasteiger partial charge in [0.15, 0.2) is 0 Å². The molecule has 0 bridgehead atoms. The highest BCUT2D eigenvalue weighted by Gasteiger charge is 2.16. The van der Waals surface area contributed by atoms with E-state index in [0.29, 0.717) is 5.56 Å². The fraction of sp³-hybridized carbons (Fsp3) is 0. The Kier molecular flexibility index (Phi) is 4.67. The van der Waals surface area contributed by atoms with Crippen molar-refractivity contribution in [1.82, 2.24) is 0 Å². The van der Waals surface area contributed by atoms with Gasteiger partial charge in [-0.2, -0.15) is 0 Å². The molecule has 0 aliphatic rings. The van der Waals surface area contributed by atoms with Crippen molar-refractivity contribution < 1.29 is 9.60 Å². The lowest BCUT2D eigenvalue weighted by molar-refractivity contribution is 1.30. The third-order valence-electron chi connectivity index (χ3n) is 6.97. The molecule has 0 saturated carbocycles. The Morgan fingerprint density at radius 3 is 1.75 bits per heavy atom. The van der Waals surface area contributed by atoms with Gasteiger partial charge in [-0.15, -0.1) is 0 Å². The average molecular weight is 584 g/mol. The molecule has 0 saturated heterocycles. The molecule has 0 heterocycles. The van der Waals surface area contributed by atoms with Crippen LogP contribution in [-0.4, -0.2) is 0 Å². The minimum atomic E-state index is -0.481. The van der Waals surface area contributed by atoms with Gasteiger partial charge < -0.3 is 4.90 Å². The van der Waals surface area contributed by atoms with E-state index in [-0.39, 0.29) is 40.5 Å². The van der Waals surface area contributed by atoms with Crippen LogP contribution in [0.5, 0.6) is 0 Å². The molecule has 7 rings (SSSR count). The first-order valence-electron chi connectivity index (χ1n) is 16.4. The largest absolute Gasteiger partial charge is 0.310 e. The Morgan fingerprint density at radius 2 is 1.05 bits per heavy atom. The van der Waals surface area contributed by atoms with E-state index in [1.54, 1.807) is 12.1 Å². The van der Waals surface area contributed by atoms with E-state index in [1.807, 2.05) is 42.5 Å². The van der Waals surface area contributed by atoms with Crippen LogP contribution in [0.2, 0.25) is 0 Å². The zero-order valence-corrected chi connectivity index (χ0v) is 22.9. The van der Waals surface area contributed by atoms with Crippen molar-refractivity contribution in [3.8, 4) is 22.3 Å². The summed E-state index contributed by atoms with van der Waals surface area (Å²) in [5, 5.41) is 2.00. The minimum Gasteiger partial charge on any atom is -0.310 e. The van der Waals surface area contributed by atoms with Gasteiger partial charge in [0.2, 0.25) is 0 Å². The molecule has 7 aromatic carbocycles. The number of anilines is 3. The summed E-state index contributed by atoms with van der Waals surface area (Å²) in [5.74, 6) is 0. The van der Waals surface area contributed by atoms with E-state index in [0.717, 1.165) is 43.4 Å². The molecule has 2 heteroatoms. The van der Waals surface area contributed by atoms with Crippen molar-refractivity contribution in [3.63, 3.8) is 0 Å². The molecule has 0 fully saturated rings. The third kappa shape index (κ3) is 4.68. The Balaban J connectivity index is 1.37. The Morgan fingerprint density at radius 1 is 0.475 bits per heavy atom. The van der Waals surface area contributed by atoms with Gasteiger partial charge in [0.25, 0.3) is 0 Å². The second-order valence-electron chi connectivity index (χ2n) is 9.43. The highest BCUT2D eigenvalue weighted by atomic mass is 79.9. The molecule has 0 amide bonds. The lowest BCUT2D eigenvalue weighted by Gasteiger charge is -2.27. The minimum absolute atomic E-state index is 0.0562. The lowest BCUT2D eigenvalue weighted by atomic mass is 10.0. The van der Waals surface area contributed by atoms with Crippen LogP contribution in [0.15, 0.2) is 162 Å². The summed E-state index contributed by atoms with van der Waals surface area (Å²) in [6.07, 6.45) is 0. The lowest BCUT2D eigenvalue weighted by Crippen LogP contribution is -2.10. The topological polar surface area (TPSA) is 3.24 Å². The molecule has 0 unspecified atom stereocenters. The molecule has 0 N–H and O–H groups in total. The van der Waals surface area contributed by atoms with Gasteiger partial charge in [-0.05, 0) is 86.9 Å². The Hall–Kier alpha value is -4.66. The summed E-state index contributed by atoms with van der Waals surface area (Å²) in [6.45, 7) is 0. The van der Waals surface area contributed by atoms with Crippen LogP contribution in [-0.2, 0) is 0 Å². The number of benzene rings is 7. The molecule has 7 aromatic rings. The second-order valence-corrected chi connectivity index (χ2v) is 10.4. The first-order chi connectivity index (χ1) is 22.7. The highest BCUT2D eigenvalue weighted by molar-refractivity contribution is 9.10. The molecular weight excluding hydrogens is 550 g/mol. The van der Waals surface area contributed by atoms with Gasteiger partial charge in [0.05, 0.1) is 15.3 Å². The van der Waals surface area contributed by atoms with Gasteiger partial charge in [0, 0.05) is 21.2 Å². The van der Waals surface area contributed by atoms with E-state index in [9.17, 15) is 0 Å². The summed E-state index contributed by atoms with van der Waals surface area (Å²) in [7, 11) is 0. The van der Waals surface area contributed by atoms with Crippen LogP contribution in [0, 0.1) is 0 Å². The van der Waals surface area contributed by atoms with E-state index in [1.165, 1.54) is 0 Å². The van der Waals surface area contributed by atoms with Gasteiger partial charge in [-0.1, -0.05) is 125 Å². The molecule has 0 aliphatic heterocycles. The van der Waals surface area contributed by atoms with E-state index in [4.69, 9.17) is 9.60 Å². The normalized spacial score (nSPS) is 13.6. The summed E-state index contributed by atoms with van der Waals surface area (Å²) < 4.78 is 60.3. The summed E-state index contributed by atoms with van der Waals surface area (Å²) in [4.78, 5) is 2.16. The van der Waals surface area contributed by atoms with Gasteiger partial charge >= 0.3 is 0 Å². The zero-order chi connectivity index (χ0) is 33.0. The molecule has 0 spiro atoms. The number of fused-ring (bicyclic) bond motifs is 2. The first-order valence-corrected chi connectivity index (χ1v) is 13.7. The third-order valence-corrected chi connectivity index (χ3v) is 7.50. The highest BCUT2D eigenvalue weighted by Crippen LogP contribution is 2.40. The Labute approximate surface area is 252 Å². The molecular formula is C38H26BrN. The number of hydrogen-bond donors (Lipinski definition) is 0. The first kappa shape index (κ1) is 17.8. The fourth-order valence-corrected chi connectivity index (χ4v) is 5.24. The summed E-state index contributed by atoms with van der Waals surface area (Å²) in [6, 6.07) is 35.8. The molecule has 40 heavy (non-hydrogen) atoms. The Bertz CT molecular complexity index is 2320. The van der Waals surface area contributed by atoms with Crippen molar-refractivity contribution in [2.75, 3.05) is 4.90 Å². The number of halogens is 1. The maximum Gasteiger partial charge on any atom is 0.0636 e. The quantitative estimate of drug-likeness (QED) is 0.195. The SMILES string of the molecule is [2H]c1c([2H])c([2H])c2c([2H])c(-c3ccc(N(c4ccc(-c5ccc(Br)cc5)cc4)c4cccc5ccccc45)cc3)c([2H])c([2H])c2c1[2H]. The van der Waals surface area contributed by atoms with Crippen LogP contribution in [0.3, 0.4) is 0 Å². The van der Waals surface area contributed by atoms with Crippen LogP contribution >= 0.6 is 15.9 Å². The van der Waals surface area contributed by atoms with Crippen molar-refractivity contribution in [2.24, 2.45) is 0 Å². The molecule has 0 aromatic heterocycles. The van der Waals surface area contributed by atoms with Gasteiger partial charge in [-0.3, -0.25) is 0 Å². The van der Waals surface area contributed by atoms with Crippen LogP contribution in [0.1, 0.15) is 9.60 Å². The molecule has 0 radical (unpaired) electrons. The maximum atomic E-state index is 8.96. The molecule has 190 valence electrons. The van der Waals surface area contributed by atoms with Crippen molar-refractivity contribution in [2.45, 2.75) is 0 Å². The smallest absolute Gasteiger partial charge is 0.0636 e. The average Bonchev–Trinajstić information content (AvgIpc) is 3.09. The van der Waals surface area contributed by atoms with Gasteiger partial charge in [-0.25, -0.2) is 0 Å². The van der Waals surface area contributed by atoms with Crippen molar-refractivity contribution in [3.05, 3.63) is 162 Å². The fourth-order valence-electron chi connectivity index (χ4n) is 4.98. The van der Waals surface area contributed by atoms with Crippen molar-refractivity contribution >= 4 is 54.5 Å². The zero-order valence-electron chi connectivity index (χ0n) is 28.3. The van der Waals surface area contributed by atoms with Crippen LogP contribution in [0.25, 0.3) is 43.8 Å². The molecule has 0 atom stereocenters. The molecule has 1 nitrogen and oxygen atoms in total. The van der Waals surface area contributed by atoms with E-state index in [2.05, 4.69) is 81.5 Å². The van der Waals surface area contributed by atoms with E-state index < -0.39 is 18.1 Å². The predicted octanol–water partition coefficient (Wildman–Crippen LogP) is 11.6. The van der Waals surface area contributed by atoms with E-state index >= 15 is 0 Å². The summed E-state index contributed by atoms with van der Waals surface area (Å²) >= 11 is 3.51. The van der Waals surface area contributed by atoms with Gasteiger partial charge in [0.1, 0.15) is 0 Å². The number of nitrogens with zero attached hydrogens (tertiary/aromatic N) is 1.